The molecule has 1 aromatic carbocycles. The van der Waals surface area contributed by atoms with Crippen molar-refractivity contribution in [1.29, 1.82) is 0 Å². The topological polar surface area (TPSA) is 55.1 Å². The van der Waals surface area contributed by atoms with Gasteiger partial charge in [0.2, 0.25) is 0 Å². The number of aromatic nitrogens is 2. The van der Waals surface area contributed by atoms with E-state index in [0.29, 0.717) is 6.04 Å². The SMILES string of the molecule is Cc1ccc2c(c1)nc(CCCCC(=O)O)n2C1CC1. The lowest BCUT2D eigenvalue weighted by molar-refractivity contribution is -0.137. The quantitative estimate of drug-likeness (QED) is 0.819. The predicted octanol–water partition coefficient (Wildman–Crippen LogP) is 3.48. The highest BCUT2D eigenvalue weighted by atomic mass is 16.4. The Kier molecular flexibility index (Phi) is 3.47. The van der Waals surface area contributed by atoms with E-state index in [1.165, 1.54) is 23.9 Å². The van der Waals surface area contributed by atoms with Crippen molar-refractivity contribution in [2.75, 3.05) is 0 Å². The van der Waals surface area contributed by atoms with Crippen molar-refractivity contribution in [2.24, 2.45) is 0 Å². The maximum atomic E-state index is 10.6. The largest absolute Gasteiger partial charge is 0.481 e. The molecule has 1 saturated carbocycles. The van der Waals surface area contributed by atoms with Crippen LogP contribution in [0.2, 0.25) is 0 Å². The van der Waals surface area contributed by atoms with Crippen LogP contribution in [-0.2, 0) is 11.2 Å². The molecule has 1 N–H and O–H groups in total. The molecule has 20 heavy (non-hydrogen) atoms. The van der Waals surface area contributed by atoms with Crippen LogP contribution in [0.15, 0.2) is 18.2 Å². The molecule has 0 aliphatic heterocycles. The minimum absolute atomic E-state index is 0.253. The van der Waals surface area contributed by atoms with Crippen LogP contribution >= 0.6 is 0 Å². The van der Waals surface area contributed by atoms with E-state index in [4.69, 9.17) is 10.1 Å². The number of carbonyl (C=O) groups is 1. The number of imidazole rings is 1. The van der Waals surface area contributed by atoms with E-state index in [-0.39, 0.29) is 6.42 Å². The maximum absolute atomic E-state index is 10.6. The van der Waals surface area contributed by atoms with Crippen molar-refractivity contribution in [3.05, 3.63) is 29.6 Å². The van der Waals surface area contributed by atoms with Gasteiger partial charge < -0.3 is 9.67 Å². The first-order valence-electron chi connectivity index (χ1n) is 7.34. The van der Waals surface area contributed by atoms with Gasteiger partial charge in [0.1, 0.15) is 5.82 Å². The van der Waals surface area contributed by atoms with Crippen molar-refractivity contribution in [2.45, 2.75) is 51.5 Å². The Morgan fingerprint density at radius 3 is 2.90 bits per heavy atom. The second-order valence-corrected chi connectivity index (χ2v) is 5.72. The van der Waals surface area contributed by atoms with Crippen LogP contribution in [0.3, 0.4) is 0 Å². The zero-order valence-corrected chi connectivity index (χ0v) is 11.8. The lowest BCUT2D eigenvalue weighted by Crippen LogP contribution is -2.02. The second-order valence-electron chi connectivity index (χ2n) is 5.72. The molecule has 1 aliphatic carbocycles. The number of nitrogens with zero attached hydrogens (tertiary/aromatic N) is 2. The van der Waals surface area contributed by atoms with Gasteiger partial charge in [-0.1, -0.05) is 6.07 Å². The summed E-state index contributed by atoms with van der Waals surface area (Å²) in [6.45, 7) is 2.09. The number of benzene rings is 1. The smallest absolute Gasteiger partial charge is 0.303 e. The summed E-state index contributed by atoms with van der Waals surface area (Å²) in [6.07, 6.45) is 5.22. The van der Waals surface area contributed by atoms with Gasteiger partial charge in [-0.15, -0.1) is 0 Å². The molecule has 3 rings (SSSR count). The van der Waals surface area contributed by atoms with Gasteiger partial charge in [-0.3, -0.25) is 4.79 Å². The van der Waals surface area contributed by atoms with E-state index in [2.05, 4.69) is 29.7 Å². The molecule has 1 aromatic heterocycles. The number of rotatable bonds is 6. The number of hydrogen-bond acceptors (Lipinski definition) is 2. The fourth-order valence-corrected chi connectivity index (χ4v) is 2.73. The van der Waals surface area contributed by atoms with Crippen LogP contribution in [0, 0.1) is 6.92 Å². The number of aryl methyl sites for hydroxylation is 2. The van der Waals surface area contributed by atoms with Crippen molar-refractivity contribution < 1.29 is 9.90 Å². The number of carboxylic acids is 1. The van der Waals surface area contributed by atoms with Gasteiger partial charge in [-0.2, -0.15) is 0 Å². The molecule has 0 spiro atoms. The van der Waals surface area contributed by atoms with Gasteiger partial charge >= 0.3 is 5.97 Å². The Morgan fingerprint density at radius 2 is 2.20 bits per heavy atom. The number of carboxylic acid groups (broad SMARTS) is 1. The standard InChI is InChI=1S/C16H20N2O2/c1-11-6-9-14-13(10-11)17-15(18(14)12-7-8-12)4-2-3-5-16(19)20/h6,9-10,12H,2-5,7-8H2,1H3,(H,19,20). The van der Waals surface area contributed by atoms with E-state index in [1.807, 2.05) is 0 Å². The third-order valence-corrected chi connectivity index (χ3v) is 3.87. The summed E-state index contributed by atoms with van der Waals surface area (Å²) in [7, 11) is 0. The minimum atomic E-state index is -0.712. The highest BCUT2D eigenvalue weighted by Gasteiger charge is 2.27. The van der Waals surface area contributed by atoms with E-state index >= 15 is 0 Å². The second kappa shape index (κ2) is 5.27. The number of fused-ring (bicyclic) bond motifs is 1. The third-order valence-electron chi connectivity index (χ3n) is 3.87. The summed E-state index contributed by atoms with van der Waals surface area (Å²) >= 11 is 0. The van der Waals surface area contributed by atoms with Crippen LogP contribution in [-0.4, -0.2) is 20.6 Å². The average molecular weight is 272 g/mol. The molecule has 0 amide bonds. The Labute approximate surface area is 118 Å². The molecule has 0 bridgehead atoms. The normalized spacial score (nSPS) is 14.8. The summed E-state index contributed by atoms with van der Waals surface area (Å²) in [6, 6.07) is 7.04. The number of aliphatic carboxylic acids is 1. The summed E-state index contributed by atoms with van der Waals surface area (Å²) < 4.78 is 2.37. The van der Waals surface area contributed by atoms with Crippen LogP contribution in [0.4, 0.5) is 0 Å². The average Bonchev–Trinajstić information content (AvgIpc) is 3.16. The summed E-state index contributed by atoms with van der Waals surface area (Å²) in [5.74, 6) is 0.412. The molecule has 2 aromatic rings. The third kappa shape index (κ3) is 2.69. The van der Waals surface area contributed by atoms with Crippen LogP contribution in [0.1, 0.15) is 49.5 Å². The molecule has 0 saturated heterocycles. The lowest BCUT2D eigenvalue weighted by Gasteiger charge is -2.07. The predicted molar refractivity (Wildman–Crippen MR) is 77.9 cm³/mol. The summed E-state index contributed by atoms with van der Waals surface area (Å²) in [4.78, 5) is 15.3. The Bertz CT molecular complexity index is 641. The van der Waals surface area contributed by atoms with Crippen molar-refractivity contribution in [3.63, 3.8) is 0 Å². The molecule has 1 fully saturated rings. The molecule has 1 aliphatic rings. The van der Waals surface area contributed by atoms with Gasteiger partial charge in [-0.05, 0) is 50.3 Å². The van der Waals surface area contributed by atoms with Crippen molar-refractivity contribution >= 4 is 17.0 Å². The van der Waals surface area contributed by atoms with Gasteiger partial charge in [0.15, 0.2) is 0 Å². The van der Waals surface area contributed by atoms with E-state index in [9.17, 15) is 4.79 Å². The first kappa shape index (κ1) is 13.2. The number of unbranched alkanes of at least 4 members (excludes halogenated alkanes) is 1. The van der Waals surface area contributed by atoms with E-state index in [0.717, 1.165) is 30.6 Å². The van der Waals surface area contributed by atoms with Crippen molar-refractivity contribution in [1.82, 2.24) is 9.55 Å². The van der Waals surface area contributed by atoms with E-state index < -0.39 is 5.97 Å². The first-order valence-corrected chi connectivity index (χ1v) is 7.34. The molecule has 0 atom stereocenters. The molecule has 4 heteroatoms. The number of hydrogen-bond donors (Lipinski definition) is 1. The molecular formula is C16H20N2O2. The minimum Gasteiger partial charge on any atom is -0.481 e. The van der Waals surface area contributed by atoms with Crippen molar-refractivity contribution in [3.8, 4) is 0 Å². The van der Waals surface area contributed by atoms with Gasteiger partial charge in [0, 0.05) is 18.9 Å². The highest BCUT2D eigenvalue weighted by Crippen LogP contribution is 2.39. The van der Waals surface area contributed by atoms with Crippen LogP contribution < -0.4 is 0 Å². The molecule has 4 nitrogen and oxygen atoms in total. The van der Waals surface area contributed by atoms with Gasteiger partial charge in [-0.25, -0.2) is 4.98 Å². The van der Waals surface area contributed by atoms with Crippen LogP contribution in [0.5, 0.6) is 0 Å². The fraction of sp³-hybridized carbons (Fsp3) is 0.500. The summed E-state index contributed by atoms with van der Waals surface area (Å²) in [5.41, 5.74) is 3.53. The molecule has 0 radical (unpaired) electrons. The monoisotopic (exact) mass is 272 g/mol. The van der Waals surface area contributed by atoms with E-state index in [1.54, 1.807) is 0 Å². The molecule has 1 heterocycles. The Balaban J connectivity index is 1.82. The Morgan fingerprint density at radius 1 is 1.40 bits per heavy atom. The molecular weight excluding hydrogens is 252 g/mol. The van der Waals surface area contributed by atoms with Crippen LogP contribution in [0.25, 0.3) is 11.0 Å². The highest BCUT2D eigenvalue weighted by molar-refractivity contribution is 5.77. The fourth-order valence-electron chi connectivity index (χ4n) is 2.73. The summed E-state index contributed by atoms with van der Waals surface area (Å²) in [5, 5.41) is 8.69. The van der Waals surface area contributed by atoms with Gasteiger partial charge in [0.05, 0.1) is 11.0 Å². The maximum Gasteiger partial charge on any atom is 0.303 e. The van der Waals surface area contributed by atoms with Gasteiger partial charge in [0.25, 0.3) is 0 Å². The first-order chi connectivity index (χ1) is 9.65. The molecule has 0 unspecified atom stereocenters. The zero-order valence-electron chi connectivity index (χ0n) is 11.8. The zero-order chi connectivity index (χ0) is 14.1. The lowest BCUT2D eigenvalue weighted by atomic mass is 10.2. The Hall–Kier alpha value is -1.84. The molecule has 106 valence electrons.